The van der Waals surface area contributed by atoms with E-state index < -0.39 is 0 Å². The summed E-state index contributed by atoms with van der Waals surface area (Å²) in [6.07, 6.45) is 1.81. The first kappa shape index (κ1) is 19.4. The summed E-state index contributed by atoms with van der Waals surface area (Å²) in [5.74, 6) is 0.802. The van der Waals surface area contributed by atoms with E-state index in [0.29, 0.717) is 56.5 Å². The summed E-state index contributed by atoms with van der Waals surface area (Å²) in [6.45, 7) is 5.27. The maximum atomic E-state index is 12.6. The van der Waals surface area contributed by atoms with Crippen LogP contribution in [-0.2, 0) is 4.74 Å². The minimum absolute atomic E-state index is 0.00904. The summed E-state index contributed by atoms with van der Waals surface area (Å²) >= 11 is 0. The Balaban J connectivity index is 1.33. The van der Waals surface area contributed by atoms with Crippen molar-refractivity contribution in [3.05, 3.63) is 47.3 Å². The molecule has 0 saturated carbocycles. The lowest BCUT2D eigenvalue weighted by Gasteiger charge is -2.27. The van der Waals surface area contributed by atoms with Crippen molar-refractivity contribution in [2.45, 2.75) is 25.8 Å². The van der Waals surface area contributed by atoms with Gasteiger partial charge in [-0.2, -0.15) is 0 Å². The molecular formula is C21H25N3O5. The van der Waals surface area contributed by atoms with Crippen LogP contribution in [0.4, 0.5) is 0 Å². The van der Waals surface area contributed by atoms with Gasteiger partial charge in [0.2, 0.25) is 5.76 Å². The van der Waals surface area contributed by atoms with Crippen LogP contribution in [0.2, 0.25) is 0 Å². The molecule has 2 saturated heterocycles. The second-order valence-corrected chi connectivity index (χ2v) is 7.37. The van der Waals surface area contributed by atoms with E-state index in [9.17, 15) is 9.59 Å². The van der Waals surface area contributed by atoms with Crippen LogP contribution in [0.3, 0.4) is 0 Å². The fourth-order valence-electron chi connectivity index (χ4n) is 3.72. The number of aryl methyl sites for hydroxylation is 1. The predicted molar refractivity (Wildman–Crippen MR) is 104 cm³/mol. The molecule has 1 unspecified atom stereocenters. The molecule has 4 rings (SSSR count). The highest BCUT2D eigenvalue weighted by Crippen LogP contribution is 2.22. The molecule has 8 heteroatoms. The van der Waals surface area contributed by atoms with Gasteiger partial charge in [-0.15, -0.1) is 0 Å². The summed E-state index contributed by atoms with van der Waals surface area (Å²) in [6, 6.07) is 8.80. The number of carbonyl (C=O) groups excluding carboxylic acids is 2. The zero-order valence-electron chi connectivity index (χ0n) is 16.5. The van der Waals surface area contributed by atoms with Gasteiger partial charge >= 0.3 is 0 Å². The standard InChI is InChI=1S/C21H25N3O5/c1-15-13-19(29-22-15)21(26)24-8-2-3-17(24)14-28-18-6-4-16(5-7-18)20(25)23-9-11-27-12-10-23/h4-7,13,17H,2-3,8-12,14H2,1H3. The highest BCUT2D eigenvalue weighted by Gasteiger charge is 2.32. The van der Waals surface area contributed by atoms with Crippen LogP contribution in [0.15, 0.2) is 34.9 Å². The Morgan fingerprint density at radius 3 is 2.59 bits per heavy atom. The normalized spacial score (nSPS) is 19.4. The number of carbonyl (C=O) groups is 2. The highest BCUT2D eigenvalue weighted by molar-refractivity contribution is 5.94. The Morgan fingerprint density at radius 1 is 1.14 bits per heavy atom. The summed E-state index contributed by atoms with van der Waals surface area (Å²) in [4.78, 5) is 28.7. The number of ether oxygens (including phenoxy) is 2. The first-order chi connectivity index (χ1) is 14.1. The molecule has 1 atom stereocenters. The van der Waals surface area contributed by atoms with Crippen molar-refractivity contribution in [2.75, 3.05) is 39.5 Å². The SMILES string of the molecule is Cc1cc(C(=O)N2CCCC2COc2ccc(C(=O)N3CCOCC3)cc2)on1. The number of hydrogen-bond acceptors (Lipinski definition) is 6. The Morgan fingerprint density at radius 2 is 1.90 bits per heavy atom. The van der Waals surface area contributed by atoms with Crippen molar-refractivity contribution < 1.29 is 23.6 Å². The van der Waals surface area contributed by atoms with Gasteiger partial charge in [0.1, 0.15) is 12.4 Å². The topological polar surface area (TPSA) is 85.1 Å². The van der Waals surface area contributed by atoms with Gasteiger partial charge in [0, 0.05) is 31.3 Å². The van der Waals surface area contributed by atoms with E-state index in [2.05, 4.69) is 5.16 Å². The number of amides is 2. The number of rotatable bonds is 5. The van der Waals surface area contributed by atoms with Crippen LogP contribution in [0.1, 0.15) is 39.4 Å². The second kappa shape index (κ2) is 8.65. The van der Waals surface area contributed by atoms with E-state index in [0.717, 1.165) is 12.8 Å². The fourth-order valence-corrected chi connectivity index (χ4v) is 3.72. The molecule has 0 spiro atoms. The van der Waals surface area contributed by atoms with Crippen LogP contribution in [0.25, 0.3) is 0 Å². The molecule has 2 aliphatic heterocycles. The van der Waals surface area contributed by atoms with Gasteiger partial charge in [-0.25, -0.2) is 0 Å². The lowest BCUT2D eigenvalue weighted by molar-refractivity contribution is 0.0303. The zero-order valence-corrected chi connectivity index (χ0v) is 16.5. The number of nitrogens with zero attached hydrogens (tertiary/aromatic N) is 3. The number of morpholine rings is 1. The summed E-state index contributed by atoms with van der Waals surface area (Å²) in [5.41, 5.74) is 1.32. The summed E-state index contributed by atoms with van der Waals surface area (Å²) < 4.78 is 16.3. The van der Waals surface area contributed by atoms with Crippen LogP contribution in [0, 0.1) is 6.92 Å². The second-order valence-electron chi connectivity index (χ2n) is 7.37. The van der Waals surface area contributed by atoms with Gasteiger partial charge in [0.15, 0.2) is 0 Å². The number of likely N-dealkylation sites (tertiary alicyclic amines) is 1. The largest absolute Gasteiger partial charge is 0.491 e. The molecule has 0 bridgehead atoms. The smallest absolute Gasteiger partial charge is 0.292 e. The Labute approximate surface area is 169 Å². The molecule has 2 amide bonds. The van der Waals surface area contributed by atoms with E-state index >= 15 is 0 Å². The molecule has 2 fully saturated rings. The van der Waals surface area contributed by atoms with E-state index in [1.54, 1.807) is 47.1 Å². The maximum Gasteiger partial charge on any atom is 0.292 e. The van der Waals surface area contributed by atoms with Crippen LogP contribution >= 0.6 is 0 Å². The molecule has 0 aliphatic carbocycles. The fraction of sp³-hybridized carbons (Fsp3) is 0.476. The first-order valence-electron chi connectivity index (χ1n) is 9.96. The molecule has 8 nitrogen and oxygen atoms in total. The summed E-state index contributed by atoms with van der Waals surface area (Å²) in [7, 11) is 0. The van der Waals surface area contributed by atoms with Gasteiger partial charge in [0.25, 0.3) is 11.8 Å². The van der Waals surface area contributed by atoms with E-state index in [-0.39, 0.29) is 23.6 Å². The van der Waals surface area contributed by atoms with Gasteiger partial charge < -0.3 is 23.8 Å². The van der Waals surface area contributed by atoms with Crippen molar-refractivity contribution in [2.24, 2.45) is 0 Å². The van der Waals surface area contributed by atoms with Crippen molar-refractivity contribution >= 4 is 11.8 Å². The quantitative estimate of drug-likeness (QED) is 0.766. The lowest BCUT2D eigenvalue weighted by Crippen LogP contribution is -2.40. The van der Waals surface area contributed by atoms with Gasteiger partial charge in [-0.3, -0.25) is 9.59 Å². The molecule has 0 radical (unpaired) electrons. The third-order valence-corrected chi connectivity index (χ3v) is 5.32. The highest BCUT2D eigenvalue weighted by atomic mass is 16.5. The lowest BCUT2D eigenvalue weighted by atomic mass is 10.2. The monoisotopic (exact) mass is 399 g/mol. The van der Waals surface area contributed by atoms with Gasteiger partial charge in [0.05, 0.1) is 24.9 Å². The van der Waals surface area contributed by atoms with Crippen LogP contribution in [0.5, 0.6) is 5.75 Å². The van der Waals surface area contributed by atoms with Crippen molar-refractivity contribution in [1.82, 2.24) is 15.0 Å². The average Bonchev–Trinajstić information content (AvgIpc) is 3.41. The third-order valence-electron chi connectivity index (χ3n) is 5.32. The molecule has 1 aromatic carbocycles. The number of aromatic nitrogens is 1. The van der Waals surface area contributed by atoms with Gasteiger partial charge in [-0.05, 0) is 44.0 Å². The van der Waals surface area contributed by atoms with Crippen molar-refractivity contribution in [1.29, 1.82) is 0 Å². The summed E-state index contributed by atoms with van der Waals surface area (Å²) in [5, 5.41) is 3.79. The molecule has 3 heterocycles. The number of benzene rings is 1. The van der Waals surface area contributed by atoms with E-state index in [1.165, 1.54) is 0 Å². The Kier molecular flexibility index (Phi) is 5.80. The van der Waals surface area contributed by atoms with Crippen molar-refractivity contribution in [3.8, 4) is 5.75 Å². The first-order valence-corrected chi connectivity index (χ1v) is 9.96. The molecule has 0 N–H and O–H groups in total. The van der Waals surface area contributed by atoms with Gasteiger partial charge in [-0.1, -0.05) is 5.16 Å². The molecule has 2 aromatic rings. The molecule has 2 aliphatic rings. The third kappa shape index (κ3) is 4.42. The maximum absolute atomic E-state index is 12.6. The predicted octanol–water partition coefficient (Wildman–Crippen LogP) is 2.14. The van der Waals surface area contributed by atoms with E-state index in [4.69, 9.17) is 14.0 Å². The van der Waals surface area contributed by atoms with Crippen molar-refractivity contribution in [3.63, 3.8) is 0 Å². The molecular weight excluding hydrogens is 374 g/mol. The number of hydrogen-bond donors (Lipinski definition) is 0. The Hall–Kier alpha value is -2.87. The minimum atomic E-state index is -0.150. The van der Waals surface area contributed by atoms with Crippen LogP contribution < -0.4 is 4.74 Å². The van der Waals surface area contributed by atoms with Crippen LogP contribution in [-0.4, -0.2) is 72.3 Å². The molecule has 154 valence electrons. The zero-order chi connectivity index (χ0) is 20.2. The molecule has 29 heavy (non-hydrogen) atoms. The Bertz CT molecular complexity index is 857. The minimum Gasteiger partial charge on any atom is -0.491 e. The average molecular weight is 399 g/mol. The molecule has 1 aromatic heterocycles. The van der Waals surface area contributed by atoms with E-state index in [1.807, 2.05) is 0 Å².